The normalized spacial score (nSPS) is 14.4. The smallest absolute Gasteiger partial charge is 0.283 e. The second kappa shape index (κ2) is 8.19. The number of nitrogens with one attached hydrogen (secondary N) is 1. The Morgan fingerprint density at radius 3 is 2.58 bits per heavy atom. The number of rotatable bonds is 4. The van der Waals surface area contributed by atoms with Gasteiger partial charge in [-0.05, 0) is 49.6 Å². The van der Waals surface area contributed by atoms with Gasteiger partial charge in [-0.2, -0.15) is 0 Å². The molecule has 0 spiro atoms. The van der Waals surface area contributed by atoms with E-state index in [1.807, 2.05) is 29.2 Å². The second-order valence-electron chi connectivity index (χ2n) is 7.64. The van der Waals surface area contributed by atoms with Crippen LogP contribution < -0.4 is 5.56 Å². The molecule has 2 aromatic carbocycles. The number of carbonyl (C=O) groups excluding carboxylic acids is 1. The summed E-state index contributed by atoms with van der Waals surface area (Å²) in [4.78, 5) is 36.0. The molecule has 1 fully saturated rings. The number of likely N-dealkylation sites (tertiary alicyclic amines) is 1. The number of amides is 1. The molecule has 0 unspecified atom stereocenters. The number of piperidine rings is 1. The van der Waals surface area contributed by atoms with Crippen molar-refractivity contribution in [3.05, 3.63) is 64.7 Å². The van der Waals surface area contributed by atoms with E-state index in [9.17, 15) is 14.0 Å². The largest absolute Gasteiger partial charge is 0.349 e. The van der Waals surface area contributed by atoms with Crippen molar-refractivity contribution < 1.29 is 9.18 Å². The predicted molar refractivity (Wildman–Crippen MR) is 120 cm³/mol. The van der Waals surface area contributed by atoms with Crippen LogP contribution in [0.15, 0.2) is 58.5 Å². The van der Waals surface area contributed by atoms with Crippen LogP contribution in [0.5, 0.6) is 0 Å². The molecule has 0 bridgehead atoms. The van der Waals surface area contributed by atoms with Gasteiger partial charge in [0, 0.05) is 24.0 Å². The van der Waals surface area contributed by atoms with E-state index >= 15 is 0 Å². The number of halogens is 1. The number of hydrogen-bond acceptors (Lipinski definition) is 4. The monoisotopic (exact) mass is 436 g/mol. The number of nitrogens with zero attached hydrogens (tertiary/aromatic N) is 3. The van der Waals surface area contributed by atoms with Gasteiger partial charge in [-0.15, -0.1) is 0 Å². The lowest BCUT2D eigenvalue weighted by atomic mass is 10.1. The van der Waals surface area contributed by atoms with E-state index in [4.69, 9.17) is 4.98 Å². The number of H-pyrrole nitrogens is 1. The Hall–Kier alpha value is -3.13. The Balaban J connectivity index is 1.60. The van der Waals surface area contributed by atoms with Gasteiger partial charge in [0.25, 0.3) is 5.56 Å². The Morgan fingerprint density at radius 2 is 1.81 bits per heavy atom. The summed E-state index contributed by atoms with van der Waals surface area (Å²) in [5.41, 5.74) is 2.01. The number of fused-ring (bicyclic) bond motifs is 3. The first-order chi connectivity index (χ1) is 15.1. The lowest BCUT2D eigenvalue weighted by Crippen LogP contribution is -2.36. The van der Waals surface area contributed by atoms with Crippen LogP contribution in [0.2, 0.25) is 0 Å². The first-order valence-electron chi connectivity index (χ1n) is 10.3. The summed E-state index contributed by atoms with van der Waals surface area (Å²) in [5, 5.41) is 1.27. The van der Waals surface area contributed by atoms with Crippen LogP contribution in [-0.4, -0.2) is 44.2 Å². The van der Waals surface area contributed by atoms with Crippen LogP contribution >= 0.6 is 11.8 Å². The molecule has 4 aromatic rings. The third kappa shape index (κ3) is 3.72. The maximum absolute atomic E-state index is 13.5. The van der Waals surface area contributed by atoms with Crippen molar-refractivity contribution in [3.63, 3.8) is 0 Å². The molecule has 6 nitrogen and oxygen atoms in total. The molecule has 0 radical (unpaired) electrons. The quantitative estimate of drug-likeness (QED) is 0.386. The fourth-order valence-corrected chi connectivity index (χ4v) is 4.93. The maximum atomic E-state index is 13.5. The number of para-hydroxylation sites is 1. The van der Waals surface area contributed by atoms with Crippen molar-refractivity contribution in [2.75, 3.05) is 18.8 Å². The molecular weight excluding hydrogens is 415 g/mol. The van der Waals surface area contributed by atoms with Gasteiger partial charge in [0.15, 0.2) is 5.16 Å². The number of benzene rings is 2. The van der Waals surface area contributed by atoms with Crippen molar-refractivity contribution in [2.24, 2.45) is 0 Å². The third-order valence-corrected chi connectivity index (χ3v) is 6.54. The topological polar surface area (TPSA) is 71.0 Å². The van der Waals surface area contributed by atoms with Crippen LogP contribution in [0.4, 0.5) is 4.39 Å². The molecule has 2 aromatic heterocycles. The van der Waals surface area contributed by atoms with Gasteiger partial charge in [-0.1, -0.05) is 30.0 Å². The first kappa shape index (κ1) is 19.8. The molecule has 1 saturated heterocycles. The second-order valence-corrected chi connectivity index (χ2v) is 8.58. The zero-order chi connectivity index (χ0) is 21.4. The summed E-state index contributed by atoms with van der Waals surface area (Å²) < 4.78 is 14.9. The molecular formula is C23H21FN4O2S. The maximum Gasteiger partial charge on any atom is 0.283 e. The van der Waals surface area contributed by atoms with Crippen molar-refractivity contribution in [2.45, 2.75) is 24.4 Å². The van der Waals surface area contributed by atoms with E-state index < -0.39 is 0 Å². The van der Waals surface area contributed by atoms with Crippen molar-refractivity contribution >= 4 is 39.6 Å². The van der Waals surface area contributed by atoms with E-state index in [1.54, 1.807) is 12.1 Å². The molecule has 158 valence electrons. The third-order valence-electron chi connectivity index (χ3n) is 5.61. The summed E-state index contributed by atoms with van der Waals surface area (Å²) in [6.07, 6.45) is 3.20. The average Bonchev–Trinajstić information content (AvgIpc) is 3.18. The van der Waals surface area contributed by atoms with Crippen LogP contribution in [0.25, 0.3) is 27.6 Å². The van der Waals surface area contributed by atoms with Crippen molar-refractivity contribution in [1.82, 2.24) is 19.4 Å². The highest BCUT2D eigenvalue weighted by Crippen LogP contribution is 2.26. The molecule has 1 aliphatic heterocycles. The van der Waals surface area contributed by atoms with Crippen LogP contribution in [0, 0.1) is 5.82 Å². The zero-order valence-electron chi connectivity index (χ0n) is 16.8. The van der Waals surface area contributed by atoms with E-state index in [1.165, 1.54) is 28.5 Å². The van der Waals surface area contributed by atoms with Crippen LogP contribution in [0.3, 0.4) is 0 Å². The number of hydrogen-bond donors (Lipinski definition) is 1. The van der Waals surface area contributed by atoms with Crippen LogP contribution in [-0.2, 0) is 4.79 Å². The van der Waals surface area contributed by atoms with Gasteiger partial charge in [-0.25, -0.2) is 9.37 Å². The molecule has 0 atom stereocenters. The Morgan fingerprint density at radius 1 is 1.06 bits per heavy atom. The minimum Gasteiger partial charge on any atom is -0.349 e. The average molecular weight is 437 g/mol. The Labute approximate surface area is 182 Å². The molecule has 0 saturated carbocycles. The molecule has 1 N–H and O–H groups in total. The minimum atomic E-state index is -0.383. The fraction of sp³-hybridized carbons (Fsp3) is 0.261. The predicted octanol–water partition coefficient (Wildman–Crippen LogP) is 4.11. The highest BCUT2D eigenvalue weighted by molar-refractivity contribution is 7.99. The molecule has 0 aliphatic carbocycles. The highest BCUT2D eigenvalue weighted by atomic mass is 32.2. The van der Waals surface area contributed by atoms with Gasteiger partial charge >= 0.3 is 0 Å². The van der Waals surface area contributed by atoms with Gasteiger partial charge in [0.2, 0.25) is 5.91 Å². The van der Waals surface area contributed by atoms with Gasteiger partial charge in [0.05, 0.1) is 11.4 Å². The summed E-state index contributed by atoms with van der Waals surface area (Å²) in [5.74, 6) is -0.142. The van der Waals surface area contributed by atoms with E-state index in [-0.39, 0.29) is 23.0 Å². The Bertz CT molecular complexity index is 1320. The molecule has 3 heterocycles. The molecule has 1 aliphatic rings. The SMILES string of the molecule is O=C(CSc1nc2c([nH]c3ccccc32)c(=O)n1-c1ccc(F)cc1)N1CCCCC1. The number of carbonyl (C=O) groups is 1. The summed E-state index contributed by atoms with van der Waals surface area (Å²) in [6, 6.07) is 13.3. The first-order valence-corrected chi connectivity index (χ1v) is 11.3. The fourth-order valence-electron chi connectivity index (χ4n) is 4.02. The summed E-state index contributed by atoms with van der Waals surface area (Å²) in [7, 11) is 0. The summed E-state index contributed by atoms with van der Waals surface area (Å²) in [6.45, 7) is 1.55. The van der Waals surface area contributed by atoms with Crippen LogP contribution in [0.1, 0.15) is 19.3 Å². The Kier molecular flexibility index (Phi) is 5.23. The van der Waals surface area contributed by atoms with E-state index in [0.717, 1.165) is 43.3 Å². The van der Waals surface area contributed by atoms with Crippen molar-refractivity contribution in [1.29, 1.82) is 0 Å². The van der Waals surface area contributed by atoms with Crippen molar-refractivity contribution in [3.8, 4) is 5.69 Å². The lowest BCUT2D eigenvalue weighted by Gasteiger charge is -2.26. The number of aromatic nitrogens is 3. The molecule has 31 heavy (non-hydrogen) atoms. The highest BCUT2D eigenvalue weighted by Gasteiger charge is 2.21. The van der Waals surface area contributed by atoms with Gasteiger partial charge in [0.1, 0.15) is 16.9 Å². The lowest BCUT2D eigenvalue weighted by molar-refractivity contribution is -0.129. The molecule has 5 rings (SSSR count). The number of thioether (sulfide) groups is 1. The molecule has 8 heteroatoms. The van der Waals surface area contributed by atoms with Gasteiger partial charge in [-0.3, -0.25) is 14.2 Å². The summed E-state index contributed by atoms with van der Waals surface area (Å²) >= 11 is 1.24. The van der Waals surface area contributed by atoms with E-state index in [0.29, 0.717) is 21.9 Å². The minimum absolute atomic E-state index is 0.0450. The standard InChI is InChI=1S/C23H21FN4O2S/c24-15-8-10-16(11-9-15)28-22(30)21-20(17-6-2-3-7-18(17)25-21)26-23(28)31-14-19(29)27-12-4-1-5-13-27/h2-3,6-11,25H,1,4-5,12-14H2. The van der Waals surface area contributed by atoms with Gasteiger partial charge < -0.3 is 9.88 Å². The number of aromatic amines is 1. The molecule has 1 amide bonds. The zero-order valence-corrected chi connectivity index (χ0v) is 17.6. The van der Waals surface area contributed by atoms with E-state index in [2.05, 4.69) is 4.98 Å².